The van der Waals surface area contributed by atoms with E-state index in [2.05, 4.69) is 25.3 Å². The lowest BCUT2D eigenvalue weighted by Crippen LogP contribution is -2.16. The number of H-pyrrole nitrogens is 2. The van der Waals surface area contributed by atoms with Crippen molar-refractivity contribution in [3.05, 3.63) is 50.9 Å². The fraction of sp³-hybridized carbons (Fsp3) is 0.222. The van der Waals surface area contributed by atoms with Gasteiger partial charge in [0.2, 0.25) is 11.9 Å². The van der Waals surface area contributed by atoms with Crippen molar-refractivity contribution >= 4 is 56.2 Å². The van der Waals surface area contributed by atoms with Crippen molar-refractivity contribution < 1.29 is 4.79 Å². The first-order valence-electron chi connectivity index (χ1n) is 8.32. The van der Waals surface area contributed by atoms with E-state index in [0.717, 1.165) is 26.3 Å². The van der Waals surface area contributed by atoms with Gasteiger partial charge in [0, 0.05) is 4.88 Å². The molecule has 0 saturated carbocycles. The lowest BCUT2D eigenvalue weighted by Gasteiger charge is -2.02. The first kappa shape index (κ1) is 17.7. The number of para-hydroxylation sites is 2. The largest absolute Gasteiger partial charge is 0.324 e. The fourth-order valence-electron chi connectivity index (χ4n) is 2.79. The molecule has 27 heavy (non-hydrogen) atoms. The summed E-state index contributed by atoms with van der Waals surface area (Å²) in [6, 6.07) is 7.58. The maximum atomic E-state index is 12.3. The number of benzene rings is 1. The Hall–Kier alpha value is -2.65. The fourth-order valence-corrected chi connectivity index (χ4v) is 4.53. The molecule has 3 N–H and O–H groups in total. The first-order chi connectivity index (χ1) is 13.0. The van der Waals surface area contributed by atoms with E-state index in [1.54, 1.807) is 0 Å². The lowest BCUT2D eigenvalue weighted by atomic mass is 10.2. The molecule has 0 spiro atoms. The monoisotopic (exact) mass is 399 g/mol. The number of aryl methyl sites for hydroxylation is 2. The Bertz CT molecular complexity index is 1170. The quantitative estimate of drug-likeness (QED) is 0.477. The third-order valence-electron chi connectivity index (χ3n) is 4.21. The van der Waals surface area contributed by atoms with E-state index in [-0.39, 0.29) is 17.2 Å². The van der Waals surface area contributed by atoms with Crippen molar-refractivity contribution in [2.75, 3.05) is 11.1 Å². The van der Waals surface area contributed by atoms with Crippen LogP contribution in [-0.4, -0.2) is 31.6 Å². The van der Waals surface area contributed by atoms with Gasteiger partial charge in [0.1, 0.15) is 10.7 Å². The number of amides is 1. The van der Waals surface area contributed by atoms with Gasteiger partial charge in [0.05, 0.1) is 27.9 Å². The summed E-state index contributed by atoms with van der Waals surface area (Å²) >= 11 is 2.91. The minimum absolute atomic E-state index is 0.121. The van der Waals surface area contributed by atoms with E-state index in [1.165, 1.54) is 23.1 Å². The molecular formula is C18H17N5O2S2. The smallest absolute Gasteiger partial charge is 0.259 e. The van der Waals surface area contributed by atoms with Gasteiger partial charge < -0.3 is 9.97 Å². The molecule has 7 nitrogen and oxygen atoms in total. The van der Waals surface area contributed by atoms with Gasteiger partial charge in [-0.2, -0.15) is 0 Å². The number of rotatable bonds is 5. The number of fused-ring (bicyclic) bond motifs is 2. The minimum Gasteiger partial charge on any atom is -0.324 e. The maximum Gasteiger partial charge on any atom is 0.259 e. The molecule has 3 heterocycles. The van der Waals surface area contributed by atoms with E-state index in [4.69, 9.17) is 0 Å². The lowest BCUT2D eigenvalue weighted by molar-refractivity contribution is -0.113. The average Bonchev–Trinajstić information content (AvgIpc) is 3.15. The number of imidazole rings is 1. The van der Waals surface area contributed by atoms with E-state index < -0.39 is 0 Å². The summed E-state index contributed by atoms with van der Waals surface area (Å²) in [5, 5.41) is 3.41. The summed E-state index contributed by atoms with van der Waals surface area (Å²) in [6.45, 7) is 3.92. The molecule has 4 rings (SSSR count). The van der Waals surface area contributed by atoms with Crippen LogP contribution in [0.15, 0.2) is 29.1 Å². The van der Waals surface area contributed by atoms with Crippen molar-refractivity contribution in [2.45, 2.75) is 19.6 Å². The molecule has 0 aliphatic carbocycles. The molecule has 0 unspecified atom stereocenters. The summed E-state index contributed by atoms with van der Waals surface area (Å²) in [5.41, 5.74) is 2.53. The predicted molar refractivity (Wildman–Crippen MR) is 111 cm³/mol. The van der Waals surface area contributed by atoms with Crippen molar-refractivity contribution in [3.63, 3.8) is 0 Å². The Kier molecular flexibility index (Phi) is 4.71. The van der Waals surface area contributed by atoms with Gasteiger partial charge in [0.25, 0.3) is 5.56 Å². The van der Waals surface area contributed by atoms with Gasteiger partial charge in [-0.3, -0.25) is 14.9 Å². The molecule has 1 amide bonds. The molecule has 0 radical (unpaired) electrons. The summed E-state index contributed by atoms with van der Waals surface area (Å²) in [6.07, 6.45) is 0. The number of aromatic amines is 2. The molecule has 0 atom stereocenters. The van der Waals surface area contributed by atoms with E-state index in [1.807, 2.05) is 38.1 Å². The number of hydrogen-bond donors (Lipinski definition) is 3. The third kappa shape index (κ3) is 3.60. The van der Waals surface area contributed by atoms with E-state index >= 15 is 0 Å². The van der Waals surface area contributed by atoms with Crippen LogP contribution in [0.25, 0.3) is 21.3 Å². The van der Waals surface area contributed by atoms with E-state index in [9.17, 15) is 9.59 Å². The molecular weight excluding hydrogens is 382 g/mol. The van der Waals surface area contributed by atoms with Gasteiger partial charge in [-0.15, -0.1) is 23.1 Å². The zero-order valence-corrected chi connectivity index (χ0v) is 16.4. The van der Waals surface area contributed by atoms with Crippen LogP contribution in [0.5, 0.6) is 0 Å². The Morgan fingerprint density at radius 1 is 1.22 bits per heavy atom. The molecule has 0 fully saturated rings. The highest BCUT2D eigenvalue weighted by molar-refractivity contribution is 7.99. The number of carbonyl (C=O) groups excluding carboxylic acids is 1. The Morgan fingerprint density at radius 3 is 2.85 bits per heavy atom. The zero-order chi connectivity index (χ0) is 19.0. The van der Waals surface area contributed by atoms with Crippen molar-refractivity contribution in [1.29, 1.82) is 0 Å². The van der Waals surface area contributed by atoms with Crippen molar-refractivity contribution in [3.8, 4) is 0 Å². The van der Waals surface area contributed by atoms with Crippen molar-refractivity contribution in [1.82, 2.24) is 19.9 Å². The Labute approximate surface area is 162 Å². The highest BCUT2D eigenvalue weighted by Crippen LogP contribution is 2.26. The molecule has 0 aliphatic heterocycles. The standard InChI is InChI=1S/C18H17N5O2S2/c1-9-10(2)27-17-15(9)16(25)21-13(22-17)7-26-8-14(24)23-18-19-11-5-3-4-6-12(11)20-18/h3-6H,7-8H2,1-2H3,(H,21,22,25)(H2,19,20,23,24). The molecule has 3 aromatic heterocycles. The molecule has 9 heteroatoms. The second-order valence-corrected chi connectivity index (χ2v) is 8.31. The normalized spacial score (nSPS) is 11.3. The number of thioether (sulfide) groups is 1. The molecule has 0 bridgehead atoms. The molecule has 0 aliphatic rings. The number of hydrogen-bond acceptors (Lipinski definition) is 6. The second kappa shape index (κ2) is 7.16. The minimum atomic E-state index is -0.162. The first-order valence-corrected chi connectivity index (χ1v) is 10.3. The van der Waals surface area contributed by atoms with Crippen LogP contribution in [0.1, 0.15) is 16.3 Å². The zero-order valence-electron chi connectivity index (χ0n) is 14.8. The number of anilines is 1. The molecule has 138 valence electrons. The number of thiophene rings is 1. The van der Waals surface area contributed by atoms with Crippen LogP contribution >= 0.6 is 23.1 Å². The van der Waals surface area contributed by atoms with Crippen LogP contribution in [0, 0.1) is 13.8 Å². The number of nitrogens with one attached hydrogen (secondary N) is 3. The van der Waals surface area contributed by atoms with Gasteiger partial charge >= 0.3 is 0 Å². The highest BCUT2D eigenvalue weighted by Gasteiger charge is 2.12. The van der Waals surface area contributed by atoms with Crippen LogP contribution in [0.4, 0.5) is 5.95 Å². The highest BCUT2D eigenvalue weighted by atomic mass is 32.2. The summed E-state index contributed by atoms with van der Waals surface area (Å²) in [5.74, 6) is 1.54. The topological polar surface area (TPSA) is 104 Å². The van der Waals surface area contributed by atoms with Crippen LogP contribution in [-0.2, 0) is 10.5 Å². The van der Waals surface area contributed by atoms with Gasteiger partial charge in [0.15, 0.2) is 0 Å². The summed E-state index contributed by atoms with van der Waals surface area (Å²) in [4.78, 5) is 40.9. The van der Waals surface area contributed by atoms with Crippen LogP contribution in [0.3, 0.4) is 0 Å². The molecule has 4 aromatic rings. The van der Waals surface area contributed by atoms with Gasteiger partial charge in [-0.05, 0) is 31.5 Å². The van der Waals surface area contributed by atoms with Crippen molar-refractivity contribution in [2.24, 2.45) is 0 Å². The number of aromatic nitrogens is 4. The van der Waals surface area contributed by atoms with Crippen LogP contribution in [0.2, 0.25) is 0 Å². The van der Waals surface area contributed by atoms with Gasteiger partial charge in [-0.1, -0.05) is 12.1 Å². The Balaban J connectivity index is 1.38. The Morgan fingerprint density at radius 2 is 2.04 bits per heavy atom. The van der Waals surface area contributed by atoms with E-state index in [0.29, 0.717) is 22.9 Å². The number of nitrogens with zero attached hydrogens (tertiary/aromatic N) is 2. The molecule has 0 saturated heterocycles. The molecule has 1 aromatic carbocycles. The SMILES string of the molecule is Cc1sc2nc(CSCC(=O)Nc3nc4ccccc4[nH]3)[nH]c(=O)c2c1C. The number of carbonyl (C=O) groups is 1. The summed E-state index contributed by atoms with van der Waals surface area (Å²) in [7, 11) is 0. The maximum absolute atomic E-state index is 12.3. The second-order valence-electron chi connectivity index (χ2n) is 6.12. The third-order valence-corrected chi connectivity index (χ3v) is 6.25. The predicted octanol–water partition coefficient (Wildman–Crippen LogP) is 3.35. The average molecular weight is 400 g/mol. The van der Waals surface area contributed by atoms with Crippen LogP contribution < -0.4 is 10.9 Å². The van der Waals surface area contributed by atoms with Gasteiger partial charge in [-0.25, -0.2) is 9.97 Å². The summed E-state index contributed by atoms with van der Waals surface area (Å²) < 4.78 is 0.